The molecule has 0 bridgehead atoms. The van der Waals surface area contributed by atoms with Crippen LogP contribution in [-0.2, 0) is 0 Å². The molecule has 0 aliphatic heterocycles. The zero-order chi connectivity index (χ0) is 33.3. The highest BCUT2D eigenvalue weighted by Crippen LogP contribution is 2.39. The average Bonchev–Trinajstić information content (AvgIpc) is 3.59. The molecule has 5 nitrogen and oxygen atoms in total. The molecule has 0 saturated carbocycles. The van der Waals surface area contributed by atoms with Crippen LogP contribution in [0.15, 0.2) is 188 Å². The molecule has 0 spiro atoms. The highest BCUT2D eigenvalue weighted by molar-refractivity contribution is 5.94. The fraction of sp³-hybridized carbons (Fsp3) is 0. The molecule has 0 atom stereocenters. The van der Waals surface area contributed by atoms with Gasteiger partial charge < -0.3 is 4.90 Å². The lowest BCUT2D eigenvalue weighted by Gasteiger charge is -2.26. The molecule has 9 aromatic rings. The molecule has 50 heavy (non-hydrogen) atoms. The molecule has 0 aliphatic carbocycles. The lowest BCUT2D eigenvalue weighted by atomic mass is 10.00. The number of aromatic nitrogens is 4. The number of para-hydroxylation sites is 1. The van der Waals surface area contributed by atoms with Gasteiger partial charge in [0.05, 0.1) is 17.6 Å². The average molecular weight is 642 g/mol. The zero-order valence-corrected chi connectivity index (χ0v) is 27.1. The molecule has 0 saturated heterocycles. The van der Waals surface area contributed by atoms with Crippen LogP contribution < -0.4 is 4.90 Å². The molecule has 5 heteroatoms. The lowest BCUT2D eigenvalue weighted by molar-refractivity contribution is 1.06. The van der Waals surface area contributed by atoms with E-state index in [1.165, 1.54) is 0 Å². The summed E-state index contributed by atoms with van der Waals surface area (Å²) in [5.74, 6) is 0. The smallest absolute Gasteiger partial charge is 0.137 e. The third kappa shape index (κ3) is 5.37. The van der Waals surface area contributed by atoms with Crippen molar-refractivity contribution in [1.29, 1.82) is 0 Å². The van der Waals surface area contributed by atoms with E-state index in [0.29, 0.717) is 0 Å². The van der Waals surface area contributed by atoms with Crippen LogP contribution in [-0.4, -0.2) is 19.6 Å². The van der Waals surface area contributed by atoms with E-state index in [9.17, 15) is 0 Å². The van der Waals surface area contributed by atoms with Crippen LogP contribution in [0.3, 0.4) is 0 Å². The van der Waals surface area contributed by atoms with Gasteiger partial charge in [-0.15, -0.1) is 5.10 Å². The largest absolute Gasteiger partial charge is 0.310 e. The maximum Gasteiger partial charge on any atom is 0.137 e. The Labute approximate surface area is 290 Å². The molecule has 3 heterocycles. The zero-order valence-electron chi connectivity index (χ0n) is 27.1. The van der Waals surface area contributed by atoms with Crippen molar-refractivity contribution in [3.63, 3.8) is 0 Å². The van der Waals surface area contributed by atoms with E-state index < -0.39 is 0 Å². The van der Waals surface area contributed by atoms with Crippen LogP contribution in [0.2, 0.25) is 0 Å². The van der Waals surface area contributed by atoms with Crippen molar-refractivity contribution >= 4 is 33.5 Å². The van der Waals surface area contributed by atoms with E-state index in [0.717, 1.165) is 78.4 Å². The second-order valence-electron chi connectivity index (χ2n) is 12.2. The van der Waals surface area contributed by atoms with Crippen LogP contribution in [0, 0.1) is 0 Å². The van der Waals surface area contributed by atoms with E-state index in [1.54, 1.807) is 0 Å². The minimum Gasteiger partial charge on any atom is -0.310 e. The molecule has 0 N–H and O–H groups in total. The first-order valence-electron chi connectivity index (χ1n) is 16.7. The molecule has 0 unspecified atom stereocenters. The van der Waals surface area contributed by atoms with Crippen LogP contribution in [0.25, 0.3) is 61.3 Å². The van der Waals surface area contributed by atoms with Crippen molar-refractivity contribution in [2.45, 2.75) is 0 Å². The summed E-state index contributed by atoms with van der Waals surface area (Å²) in [6, 6.07) is 61.4. The van der Waals surface area contributed by atoms with Crippen molar-refractivity contribution in [1.82, 2.24) is 19.6 Å². The molecule has 0 amide bonds. The third-order valence-electron chi connectivity index (χ3n) is 9.16. The fourth-order valence-corrected chi connectivity index (χ4v) is 6.75. The normalized spacial score (nSPS) is 11.2. The first kappa shape index (κ1) is 29.3. The molecule has 0 fully saturated rings. The Morgan fingerprint density at radius 1 is 0.440 bits per heavy atom. The van der Waals surface area contributed by atoms with Gasteiger partial charge in [-0.1, -0.05) is 127 Å². The summed E-state index contributed by atoms with van der Waals surface area (Å²) in [5.41, 5.74) is 12.5. The van der Waals surface area contributed by atoms with Crippen molar-refractivity contribution in [3.8, 4) is 44.9 Å². The van der Waals surface area contributed by atoms with E-state index >= 15 is 0 Å². The number of hydrogen-bond donors (Lipinski definition) is 0. The molecule has 6 aromatic carbocycles. The molecule has 0 aliphatic rings. The summed E-state index contributed by atoms with van der Waals surface area (Å²) in [4.78, 5) is 7.43. The summed E-state index contributed by atoms with van der Waals surface area (Å²) in [6.45, 7) is 0. The maximum absolute atomic E-state index is 5.13. The van der Waals surface area contributed by atoms with Gasteiger partial charge in [0.15, 0.2) is 0 Å². The number of pyridine rings is 1. The Morgan fingerprint density at radius 3 is 1.86 bits per heavy atom. The molecule has 0 radical (unpaired) electrons. The molecule has 236 valence electrons. The summed E-state index contributed by atoms with van der Waals surface area (Å²) in [6.07, 6.45) is 3.90. The van der Waals surface area contributed by atoms with Gasteiger partial charge in [0.2, 0.25) is 0 Å². The summed E-state index contributed by atoms with van der Waals surface area (Å²) in [5, 5.41) is 10.9. The van der Waals surface area contributed by atoms with Crippen LogP contribution >= 0.6 is 0 Å². The standard InChI is InChI=1S/C45H31N5/c1-3-12-35(13-4-1)45-44(47-42-20-9-10-29-49(42)45)36-15-11-18-40(30-36)50(38-16-5-2-6-17-38)39-27-25-33(26-28-39)32-21-23-34(24-22-32)43-41-19-8-7-14-37(41)31-46-48-43/h1-31H. The van der Waals surface area contributed by atoms with Gasteiger partial charge in [-0.3, -0.25) is 4.40 Å². The van der Waals surface area contributed by atoms with E-state index in [1.807, 2.05) is 30.5 Å². The first-order valence-corrected chi connectivity index (χ1v) is 16.7. The Bertz CT molecular complexity index is 2570. The Balaban J connectivity index is 1.08. The Hall–Kier alpha value is -6.85. The Morgan fingerprint density at radius 2 is 1.06 bits per heavy atom. The van der Waals surface area contributed by atoms with Gasteiger partial charge in [-0.05, 0) is 59.7 Å². The highest BCUT2D eigenvalue weighted by Gasteiger charge is 2.19. The van der Waals surface area contributed by atoms with Gasteiger partial charge in [0.25, 0.3) is 0 Å². The van der Waals surface area contributed by atoms with Crippen molar-refractivity contribution in [2.24, 2.45) is 0 Å². The minimum absolute atomic E-state index is 0.894. The number of imidazole rings is 1. The summed E-state index contributed by atoms with van der Waals surface area (Å²) >= 11 is 0. The minimum atomic E-state index is 0.894. The maximum atomic E-state index is 5.13. The number of rotatable bonds is 7. The molecule has 3 aromatic heterocycles. The van der Waals surface area contributed by atoms with Gasteiger partial charge in [0, 0.05) is 50.7 Å². The van der Waals surface area contributed by atoms with E-state index in [2.05, 4.69) is 177 Å². The molecular weight excluding hydrogens is 611 g/mol. The summed E-state index contributed by atoms with van der Waals surface area (Å²) in [7, 11) is 0. The van der Waals surface area contributed by atoms with Crippen molar-refractivity contribution in [2.75, 3.05) is 4.90 Å². The van der Waals surface area contributed by atoms with E-state index in [4.69, 9.17) is 4.98 Å². The van der Waals surface area contributed by atoms with Gasteiger partial charge in [-0.2, -0.15) is 5.10 Å². The molecule has 9 rings (SSSR count). The molecular formula is C45H31N5. The fourth-order valence-electron chi connectivity index (χ4n) is 6.75. The van der Waals surface area contributed by atoms with Crippen LogP contribution in [0.1, 0.15) is 0 Å². The monoisotopic (exact) mass is 641 g/mol. The number of nitrogens with zero attached hydrogens (tertiary/aromatic N) is 5. The van der Waals surface area contributed by atoms with Crippen molar-refractivity contribution in [3.05, 3.63) is 188 Å². The topological polar surface area (TPSA) is 46.3 Å². The second-order valence-corrected chi connectivity index (χ2v) is 12.2. The summed E-state index contributed by atoms with van der Waals surface area (Å²) < 4.78 is 2.17. The number of benzene rings is 6. The first-order chi connectivity index (χ1) is 24.8. The second kappa shape index (κ2) is 12.6. The number of hydrogen-bond acceptors (Lipinski definition) is 4. The van der Waals surface area contributed by atoms with Crippen LogP contribution in [0.5, 0.6) is 0 Å². The highest BCUT2D eigenvalue weighted by atomic mass is 15.1. The predicted octanol–water partition coefficient (Wildman–Crippen LogP) is 11.4. The lowest BCUT2D eigenvalue weighted by Crippen LogP contribution is -2.09. The quantitative estimate of drug-likeness (QED) is 0.174. The third-order valence-corrected chi connectivity index (χ3v) is 9.16. The van der Waals surface area contributed by atoms with Crippen molar-refractivity contribution < 1.29 is 0 Å². The number of fused-ring (bicyclic) bond motifs is 2. The van der Waals surface area contributed by atoms with Crippen LogP contribution in [0.4, 0.5) is 17.1 Å². The SMILES string of the molecule is c1ccc(-c2c(-c3cccc(N(c4ccccc4)c4ccc(-c5ccc(-c6nncc7ccccc67)cc5)cc4)c3)nc3ccccn23)cc1. The van der Waals surface area contributed by atoms with Gasteiger partial charge in [0.1, 0.15) is 11.3 Å². The van der Waals surface area contributed by atoms with Gasteiger partial charge >= 0.3 is 0 Å². The van der Waals surface area contributed by atoms with E-state index in [-0.39, 0.29) is 0 Å². The number of anilines is 3. The predicted molar refractivity (Wildman–Crippen MR) is 205 cm³/mol. The van der Waals surface area contributed by atoms with Gasteiger partial charge in [-0.25, -0.2) is 4.98 Å². The Kier molecular flexibility index (Phi) is 7.41.